The van der Waals surface area contributed by atoms with Gasteiger partial charge >= 0.3 is 0 Å². The molecule has 1 aliphatic heterocycles. The number of rotatable bonds is 7. The molecule has 1 aromatic heterocycles. The number of nitrogens with zero attached hydrogens (tertiary/aromatic N) is 3. The van der Waals surface area contributed by atoms with E-state index in [1.54, 1.807) is 0 Å². The first-order valence-electron chi connectivity index (χ1n) is 11.2. The molecule has 0 saturated heterocycles. The predicted molar refractivity (Wildman–Crippen MR) is 128 cm³/mol. The fourth-order valence-corrected chi connectivity index (χ4v) is 4.72. The highest BCUT2D eigenvalue weighted by Crippen LogP contribution is 2.29. The number of nitrogens with two attached hydrogens (primary N) is 1. The third kappa shape index (κ3) is 4.30. The van der Waals surface area contributed by atoms with Crippen LogP contribution in [0.1, 0.15) is 35.4 Å². The van der Waals surface area contributed by atoms with Crippen LogP contribution < -0.4 is 5.73 Å². The number of hydrogen-bond donors (Lipinski definition) is 3. The molecule has 2 heterocycles. The first-order chi connectivity index (χ1) is 15.7. The number of hydrogen-bond acceptors (Lipinski definition) is 5. The fraction of sp³-hybridized carbons (Fsp3) is 0.308. The summed E-state index contributed by atoms with van der Waals surface area (Å²) in [6, 6.07) is 14.9. The minimum atomic E-state index is 0.00688. The Morgan fingerprint density at radius 2 is 2.00 bits per heavy atom. The van der Waals surface area contributed by atoms with Crippen LogP contribution in [0, 0.1) is 0 Å². The van der Waals surface area contributed by atoms with E-state index >= 15 is 0 Å². The molecular weight excluding hydrogens is 398 g/mol. The van der Waals surface area contributed by atoms with E-state index in [1.165, 1.54) is 5.57 Å². The van der Waals surface area contributed by atoms with Gasteiger partial charge in [0.2, 0.25) is 0 Å². The molecule has 3 aromatic rings. The van der Waals surface area contributed by atoms with Gasteiger partial charge in [0.15, 0.2) is 0 Å². The number of H-pyrrole nitrogens is 1. The lowest BCUT2D eigenvalue weighted by atomic mass is 9.89. The molecule has 6 heteroatoms. The maximum Gasteiger partial charge on any atom is 0.121 e. The lowest BCUT2D eigenvalue weighted by Gasteiger charge is -2.35. The van der Waals surface area contributed by atoms with Gasteiger partial charge in [-0.2, -0.15) is 0 Å². The van der Waals surface area contributed by atoms with Crippen molar-refractivity contribution >= 4 is 17.2 Å². The second-order valence-electron chi connectivity index (χ2n) is 8.56. The molecule has 0 saturated carbocycles. The largest absolute Gasteiger partial charge is 0.392 e. The first-order valence-corrected chi connectivity index (χ1v) is 11.2. The zero-order valence-electron chi connectivity index (χ0n) is 18.1. The van der Waals surface area contributed by atoms with Crippen molar-refractivity contribution in [2.24, 2.45) is 10.7 Å². The molecular formula is C26H29N5O. The Hall–Kier alpha value is -3.06. The van der Waals surface area contributed by atoms with E-state index in [2.05, 4.69) is 45.2 Å². The normalized spacial score (nSPS) is 20.0. The third-order valence-electron chi connectivity index (χ3n) is 6.46. The number of aromatic amines is 1. The molecule has 0 spiro atoms. The van der Waals surface area contributed by atoms with Gasteiger partial charge in [0.25, 0.3) is 0 Å². The van der Waals surface area contributed by atoms with Gasteiger partial charge in [0.05, 0.1) is 30.2 Å². The predicted octanol–water partition coefficient (Wildman–Crippen LogP) is 3.61. The summed E-state index contributed by atoms with van der Waals surface area (Å²) in [6.45, 7) is 1.90. The molecule has 164 valence electrons. The highest BCUT2D eigenvalue weighted by molar-refractivity contribution is 5.75. The van der Waals surface area contributed by atoms with Crippen molar-refractivity contribution in [3.05, 3.63) is 88.8 Å². The maximum atomic E-state index is 9.99. The summed E-state index contributed by atoms with van der Waals surface area (Å²) < 4.78 is 0. The summed E-state index contributed by atoms with van der Waals surface area (Å²) in [5.41, 5.74) is 12.2. The fourth-order valence-electron chi connectivity index (χ4n) is 4.72. The Morgan fingerprint density at radius 1 is 1.09 bits per heavy atom. The van der Waals surface area contributed by atoms with Crippen LogP contribution >= 0.6 is 0 Å². The number of nitrogens with one attached hydrogen (secondary N) is 1. The lowest BCUT2D eigenvalue weighted by Crippen LogP contribution is -2.37. The first kappa shape index (κ1) is 20.8. The minimum Gasteiger partial charge on any atom is -0.392 e. The van der Waals surface area contributed by atoms with Crippen LogP contribution in [0.15, 0.2) is 71.3 Å². The molecule has 2 unspecified atom stereocenters. The van der Waals surface area contributed by atoms with E-state index in [4.69, 9.17) is 10.7 Å². The molecule has 0 fully saturated rings. The SMILES string of the molecule is NCc1ccc(CN(Cc2nc3ccccc3[nH]2)C2C=C3C=CC=NC3CC2)c(CO)c1. The molecule has 1 aliphatic carbocycles. The van der Waals surface area contributed by atoms with Gasteiger partial charge in [-0.15, -0.1) is 0 Å². The molecule has 2 atom stereocenters. The number of aliphatic hydroxyl groups excluding tert-OH is 1. The zero-order chi connectivity index (χ0) is 21.9. The topological polar surface area (TPSA) is 90.5 Å². The molecule has 2 aromatic carbocycles. The minimum absolute atomic E-state index is 0.00688. The van der Waals surface area contributed by atoms with Crippen molar-refractivity contribution in [2.75, 3.05) is 0 Å². The number of fused-ring (bicyclic) bond motifs is 2. The van der Waals surface area contributed by atoms with Gasteiger partial charge in [0.1, 0.15) is 5.82 Å². The van der Waals surface area contributed by atoms with E-state index in [1.807, 2.05) is 36.6 Å². The Bertz CT molecular complexity index is 1160. The number of para-hydroxylation sites is 2. The van der Waals surface area contributed by atoms with E-state index in [0.29, 0.717) is 13.1 Å². The van der Waals surface area contributed by atoms with Crippen molar-refractivity contribution in [2.45, 2.75) is 51.2 Å². The van der Waals surface area contributed by atoms with Crippen LogP contribution in [-0.2, 0) is 26.2 Å². The quantitative estimate of drug-likeness (QED) is 0.537. The number of benzene rings is 2. The Balaban J connectivity index is 1.47. The van der Waals surface area contributed by atoms with Crippen LogP contribution in [-0.4, -0.2) is 38.3 Å². The van der Waals surface area contributed by atoms with Crippen molar-refractivity contribution in [1.82, 2.24) is 14.9 Å². The third-order valence-corrected chi connectivity index (χ3v) is 6.46. The molecule has 0 radical (unpaired) electrons. The van der Waals surface area contributed by atoms with Crippen molar-refractivity contribution < 1.29 is 5.11 Å². The van der Waals surface area contributed by atoms with Crippen LogP contribution in [0.4, 0.5) is 0 Å². The number of aromatic nitrogens is 2. The number of aliphatic hydroxyl groups is 1. The summed E-state index contributed by atoms with van der Waals surface area (Å²) in [7, 11) is 0. The maximum absolute atomic E-state index is 9.99. The summed E-state index contributed by atoms with van der Waals surface area (Å²) in [6.07, 6.45) is 10.5. The van der Waals surface area contributed by atoms with Crippen LogP contribution in [0.25, 0.3) is 11.0 Å². The smallest absolute Gasteiger partial charge is 0.121 e. The van der Waals surface area contributed by atoms with Gasteiger partial charge < -0.3 is 15.8 Å². The molecule has 5 rings (SSSR count). The van der Waals surface area contributed by atoms with Crippen molar-refractivity contribution in [1.29, 1.82) is 0 Å². The summed E-state index contributed by atoms with van der Waals surface area (Å²) in [5, 5.41) is 9.99. The lowest BCUT2D eigenvalue weighted by molar-refractivity contribution is 0.186. The molecule has 32 heavy (non-hydrogen) atoms. The molecule has 2 aliphatic rings. The Morgan fingerprint density at radius 3 is 2.84 bits per heavy atom. The van der Waals surface area contributed by atoms with Gasteiger partial charge in [-0.25, -0.2) is 4.98 Å². The zero-order valence-corrected chi connectivity index (χ0v) is 18.1. The Kier molecular flexibility index (Phi) is 5.99. The average Bonchev–Trinajstić information content (AvgIpc) is 3.26. The van der Waals surface area contributed by atoms with Crippen LogP contribution in [0.2, 0.25) is 0 Å². The number of imidazole rings is 1. The second kappa shape index (κ2) is 9.20. The standard InChI is InChI=1S/C26H29N5O/c27-14-18-7-8-20(21(12-18)17-32)15-31(16-26-29-24-5-1-2-6-25(24)30-26)22-9-10-23-19(13-22)4-3-11-28-23/h1-8,11-13,22-23,32H,9-10,14-17,27H2,(H,29,30). The average molecular weight is 428 g/mol. The Labute approximate surface area is 188 Å². The number of aliphatic imine (C=N–C) groups is 1. The highest BCUT2D eigenvalue weighted by Gasteiger charge is 2.27. The van der Waals surface area contributed by atoms with Gasteiger partial charge in [-0.05, 0) is 53.3 Å². The van der Waals surface area contributed by atoms with Crippen LogP contribution in [0.3, 0.4) is 0 Å². The molecule has 0 bridgehead atoms. The van der Waals surface area contributed by atoms with Crippen LogP contribution in [0.5, 0.6) is 0 Å². The summed E-state index contributed by atoms with van der Waals surface area (Å²) >= 11 is 0. The van der Waals surface area contributed by atoms with E-state index in [-0.39, 0.29) is 18.7 Å². The van der Waals surface area contributed by atoms with E-state index in [0.717, 1.165) is 52.9 Å². The highest BCUT2D eigenvalue weighted by atomic mass is 16.3. The molecule has 4 N–H and O–H groups in total. The number of allylic oxidation sites excluding steroid dienone is 1. The second-order valence-corrected chi connectivity index (χ2v) is 8.56. The monoisotopic (exact) mass is 427 g/mol. The van der Waals surface area contributed by atoms with Gasteiger partial charge in [-0.1, -0.05) is 42.5 Å². The van der Waals surface area contributed by atoms with E-state index in [9.17, 15) is 5.11 Å². The van der Waals surface area contributed by atoms with E-state index < -0.39 is 0 Å². The van der Waals surface area contributed by atoms with Gasteiger partial charge in [-0.3, -0.25) is 9.89 Å². The van der Waals surface area contributed by atoms with Crippen molar-refractivity contribution in [3.63, 3.8) is 0 Å². The molecule has 6 nitrogen and oxygen atoms in total. The number of dihydropyridines is 1. The van der Waals surface area contributed by atoms with Crippen molar-refractivity contribution in [3.8, 4) is 0 Å². The van der Waals surface area contributed by atoms with Gasteiger partial charge in [0, 0.05) is 25.3 Å². The summed E-state index contributed by atoms with van der Waals surface area (Å²) in [4.78, 5) is 15.4. The summed E-state index contributed by atoms with van der Waals surface area (Å²) in [5.74, 6) is 0.952. The molecule has 0 amide bonds.